The zero-order valence-corrected chi connectivity index (χ0v) is 7.31. The van der Waals surface area contributed by atoms with Gasteiger partial charge < -0.3 is 15.5 Å². The summed E-state index contributed by atoms with van der Waals surface area (Å²) in [5, 5.41) is 21.0. The number of nitrogens with one attached hydrogen (secondary N) is 1. The van der Waals surface area contributed by atoms with Gasteiger partial charge in [0.05, 0.1) is 12.7 Å². The molecule has 0 aromatic rings. The minimum Gasteiger partial charge on any atom is -0.396 e. The third-order valence-corrected chi connectivity index (χ3v) is 3.01. The molecule has 3 N–H and O–H groups in total. The highest BCUT2D eigenvalue weighted by molar-refractivity contribution is 7.99. The highest BCUT2D eigenvalue weighted by Gasteiger charge is 2.23. The summed E-state index contributed by atoms with van der Waals surface area (Å²) in [6.07, 6.45) is -0.179. The van der Waals surface area contributed by atoms with Gasteiger partial charge in [-0.05, 0) is 5.75 Å². The van der Waals surface area contributed by atoms with Crippen LogP contribution in [0.4, 0.5) is 0 Å². The summed E-state index contributed by atoms with van der Waals surface area (Å²) in [5.74, 6) is 2.12. The molecule has 3 nitrogen and oxygen atoms in total. The molecule has 1 saturated heterocycles. The molecule has 2 atom stereocenters. The summed E-state index contributed by atoms with van der Waals surface area (Å²) >= 11 is 1.70. The minimum absolute atomic E-state index is 0.179. The van der Waals surface area contributed by atoms with Gasteiger partial charge in [0.15, 0.2) is 0 Å². The molecule has 1 heterocycles. The topological polar surface area (TPSA) is 52.5 Å². The van der Waals surface area contributed by atoms with Gasteiger partial charge in [-0.15, -0.1) is 0 Å². The Morgan fingerprint density at radius 3 is 2.82 bits per heavy atom. The lowest BCUT2D eigenvalue weighted by atomic mass is 10.1. The fraction of sp³-hybridized carbons (Fsp3) is 1.00. The second-order valence-electron chi connectivity index (χ2n) is 2.78. The summed E-state index contributed by atoms with van der Waals surface area (Å²) in [4.78, 5) is 0. The molecule has 0 aromatic heterocycles. The molecule has 1 aliphatic rings. The Hall–Kier alpha value is 0.230. The maximum Gasteiger partial charge on any atom is 0.0712 e. The maximum absolute atomic E-state index is 9.35. The Kier molecular flexibility index (Phi) is 4.22. The van der Waals surface area contributed by atoms with Crippen molar-refractivity contribution in [1.82, 2.24) is 5.32 Å². The number of aliphatic hydroxyl groups is 2. The van der Waals surface area contributed by atoms with Crippen molar-refractivity contribution in [2.24, 2.45) is 5.92 Å². The van der Waals surface area contributed by atoms with Crippen LogP contribution in [0, 0.1) is 5.92 Å². The summed E-state index contributed by atoms with van der Waals surface area (Å²) in [5.41, 5.74) is 0. The van der Waals surface area contributed by atoms with Crippen LogP contribution >= 0.6 is 11.8 Å². The van der Waals surface area contributed by atoms with Gasteiger partial charge in [0.25, 0.3) is 0 Å². The molecule has 0 aliphatic carbocycles. The van der Waals surface area contributed by atoms with E-state index in [0.29, 0.717) is 5.92 Å². The van der Waals surface area contributed by atoms with Crippen molar-refractivity contribution >= 4 is 11.8 Å². The molecule has 66 valence electrons. The second-order valence-corrected chi connectivity index (χ2v) is 3.93. The van der Waals surface area contributed by atoms with Crippen LogP contribution in [0.25, 0.3) is 0 Å². The molecule has 0 radical (unpaired) electrons. The number of hydrogen-bond donors (Lipinski definition) is 3. The van der Waals surface area contributed by atoms with Gasteiger partial charge in [0.1, 0.15) is 0 Å². The quantitative estimate of drug-likeness (QED) is 0.497. The van der Waals surface area contributed by atoms with Crippen molar-refractivity contribution in [3.8, 4) is 0 Å². The number of aliphatic hydroxyl groups excluding tert-OH is 2. The molecule has 1 rings (SSSR count). The maximum atomic E-state index is 9.35. The first-order valence-electron chi connectivity index (χ1n) is 3.92. The van der Waals surface area contributed by atoms with Crippen molar-refractivity contribution < 1.29 is 10.2 Å². The third kappa shape index (κ3) is 2.99. The van der Waals surface area contributed by atoms with Crippen LogP contribution in [-0.2, 0) is 0 Å². The fourth-order valence-corrected chi connectivity index (χ4v) is 2.13. The van der Waals surface area contributed by atoms with Crippen molar-refractivity contribution in [2.45, 2.75) is 6.10 Å². The van der Waals surface area contributed by atoms with Gasteiger partial charge in [-0.3, -0.25) is 0 Å². The lowest BCUT2D eigenvalue weighted by Gasteiger charge is -2.11. The van der Waals surface area contributed by atoms with E-state index < -0.39 is 0 Å². The van der Waals surface area contributed by atoms with Crippen molar-refractivity contribution in [1.29, 1.82) is 0 Å². The van der Waals surface area contributed by atoms with Crippen molar-refractivity contribution in [2.75, 3.05) is 31.2 Å². The van der Waals surface area contributed by atoms with E-state index in [-0.39, 0.29) is 12.7 Å². The van der Waals surface area contributed by atoms with Crippen LogP contribution in [0.15, 0.2) is 0 Å². The SMILES string of the molecule is OCCSC[C@H]1CNC[C@@H]1O. The van der Waals surface area contributed by atoms with Crippen LogP contribution in [0.2, 0.25) is 0 Å². The van der Waals surface area contributed by atoms with E-state index in [0.717, 1.165) is 24.6 Å². The predicted octanol–water partition coefficient (Wildman–Crippen LogP) is -0.708. The van der Waals surface area contributed by atoms with Gasteiger partial charge in [-0.25, -0.2) is 0 Å². The number of thioether (sulfide) groups is 1. The summed E-state index contributed by atoms with van der Waals surface area (Å²) < 4.78 is 0. The minimum atomic E-state index is -0.179. The van der Waals surface area contributed by atoms with E-state index in [1.807, 2.05) is 0 Å². The molecule has 11 heavy (non-hydrogen) atoms. The van der Waals surface area contributed by atoms with E-state index in [9.17, 15) is 5.11 Å². The molecule has 0 aromatic carbocycles. The molecule has 4 heteroatoms. The molecule has 0 saturated carbocycles. The van der Waals surface area contributed by atoms with Gasteiger partial charge in [-0.2, -0.15) is 11.8 Å². The van der Waals surface area contributed by atoms with Crippen LogP contribution in [0.3, 0.4) is 0 Å². The Labute approximate surface area is 71.2 Å². The highest BCUT2D eigenvalue weighted by atomic mass is 32.2. The Balaban J connectivity index is 2.05. The molecule has 0 spiro atoms. The molecule has 0 bridgehead atoms. The van der Waals surface area contributed by atoms with Crippen LogP contribution in [0.5, 0.6) is 0 Å². The van der Waals surface area contributed by atoms with Crippen LogP contribution in [0.1, 0.15) is 0 Å². The molecular weight excluding hydrogens is 162 g/mol. The van der Waals surface area contributed by atoms with E-state index >= 15 is 0 Å². The first-order valence-corrected chi connectivity index (χ1v) is 5.07. The smallest absolute Gasteiger partial charge is 0.0712 e. The first-order chi connectivity index (χ1) is 5.34. The Morgan fingerprint density at radius 1 is 1.45 bits per heavy atom. The van der Waals surface area contributed by atoms with Gasteiger partial charge in [-0.1, -0.05) is 0 Å². The Morgan fingerprint density at radius 2 is 2.27 bits per heavy atom. The lowest BCUT2D eigenvalue weighted by molar-refractivity contribution is 0.158. The number of hydrogen-bond acceptors (Lipinski definition) is 4. The monoisotopic (exact) mass is 177 g/mol. The summed E-state index contributed by atoms with van der Waals surface area (Å²) in [6.45, 7) is 1.88. The summed E-state index contributed by atoms with van der Waals surface area (Å²) in [6, 6.07) is 0. The molecule has 1 fully saturated rings. The zero-order chi connectivity index (χ0) is 8.10. The lowest BCUT2D eigenvalue weighted by Crippen LogP contribution is -2.20. The number of rotatable bonds is 4. The van der Waals surface area contributed by atoms with Gasteiger partial charge in [0.2, 0.25) is 0 Å². The normalized spacial score (nSPS) is 31.1. The Bertz CT molecular complexity index is 113. The zero-order valence-electron chi connectivity index (χ0n) is 6.49. The molecular formula is C7H15NO2S. The predicted molar refractivity (Wildman–Crippen MR) is 46.8 cm³/mol. The average Bonchev–Trinajstić information content (AvgIpc) is 2.37. The van der Waals surface area contributed by atoms with Gasteiger partial charge >= 0.3 is 0 Å². The van der Waals surface area contributed by atoms with Crippen LogP contribution in [-0.4, -0.2) is 47.5 Å². The molecule has 0 unspecified atom stereocenters. The summed E-state index contributed by atoms with van der Waals surface area (Å²) in [7, 11) is 0. The largest absolute Gasteiger partial charge is 0.396 e. The fourth-order valence-electron chi connectivity index (χ4n) is 1.19. The standard InChI is InChI=1S/C7H15NO2S/c9-1-2-11-5-6-3-8-4-7(6)10/h6-10H,1-5H2/t6-,7+/m1/s1. The average molecular weight is 177 g/mol. The second kappa shape index (κ2) is 4.98. The van der Waals surface area contributed by atoms with Gasteiger partial charge in [0, 0.05) is 24.8 Å². The molecule has 0 amide bonds. The van der Waals surface area contributed by atoms with Crippen molar-refractivity contribution in [3.63, 3.8) is 0 Å². The van der Waals surface area contributed by atoms with E-state index in [1.54, 1.807) is 11.8 Å². The van der Waals surface area contributed by atoms with Crippen LogP contribution < -0.4 is 5.32 Å². The third-order valence-electron chi connectivity index (χ3n) is 1.87. The van der Waals surface area contributed by atoms with E-state index in [4.69, 9.17) is 5.11 Å². The van der Waals surface area contributed by atoms with E-state index in [2.05, 4.69) is 5.32 Å². The first kappa shape index (κ1) is 9.32. The van der Waals surface area contributed by atoms with E-state index in [1.165, 1.54) is 0 Å². The molecule has 1 aliphatic heterocycles. The van der Waals surface area contributed by atoms with Crippen molar-refractivity contribution in [3.05, 3.63) is 0 Å². The number of β-amino-alcohol motifs (C(OH)–C–C–N with tert-alkyl or cyclic N) is 1. The highest BCUT2D eigenvalue weighted by Crippen LogP contribution is 2.15.